The molecular formula is C25H24FN3O3S. The number of anilines is 1. The second-order valence-electron chi connectivity index (χ2n) is 7.84. The summed E-state index contributed by atoms with van der Waals surface area (Å²) in [6.07, 6.45) is 1.81. The monoisotopic (exact) mass is 465 g/mol. The Bertz CT molecular complexity index is 1400. The number of halogens is 1. The highest BCUT2D eigenvalue weighted by molar-refractivity contribution is 7.07. The molecule has 0 aliphatic carbocycles. The lowest BCUT2D eigenvalue weighted by molar-refractivity contribution is -0.139. The van der Waals surface area contributed by atoms with E-state index in [1.807, 2.05) is 49.3 Å². The van der Waals surface area contributed by atoms with Crippen molar-refractivity contribution in [3.8, 4) is 0 Å². The van der Waals surface area contributed by atoms with Crippen molar-refractivity contribution in [3.63, 3.8) is 0 Å². The van der Waals surface area contributed by atoms with Crippen LogP contribution >= 0.6 is 11.3 Å². The number of esters is 1. The summed E-state index contributed by atoms with van der Waals surface area (Å²) in [6.45, 7) is 3.64. The Kier molecular flexibility index (Phi) is 6.29. The van der Waals surface area contributed by atoms with Gasteiger partial charge in [0.05, 0.1) is 28.5 Å². The van der Waals surface area contributed by atoms with Gasteiger partial charge in [-0.25, -0.2) is 14.2 Å². The third-order valence-corrected chi connectivity index (χ3v) is 6.39. The van der Waals surface area contributed by atoms with Gasteiger partial charge in [-0.3, -0.25) is 9.36 Å². The second kappa shape index (κ2) is 9.15. The first-order valence-electron chi connectivity index (χ1n) is 10.5. The molecule has 0 saturated carbocycles. The summed E-state index contributed by atoms with van der Waals surface area (Å²) in [6, 6.07) is 12.9. The minimum absolute atomic E-state index is 0.194. The zero-order chi connectivity index (χ0) is 23.7. The van der Waals surface area contributed by atoms with Gasteiger partial charge in [0.2, 0.25) is 0 Å². The Hall–Kier alpha value is -3.52. The van der Waals surface area contributed by atoms with Crippen molar-refractivity contribution >= 4 is 29.1 Å². The number of aromatic nitrogens is 1. The highest BCUT2D eigenvalue weighted by Crippen LogP contribution is 2.30. The topological polar surface area (TPSA) is 63.9 Å². The minimum Gasteiger partial charge on any atom is -0.463 e. The smallest absolute Gasteiger partial charge is 0.338 e. The molecular weight excluding hydrogens is 441 g/mol. The number of hydrogen-bond donors (Lipinski definition) is 0. The van der Waals surface area contributed by atoms with E-state index in [0.717, 1.165) is 11.3 Å². The summed E-state index contributed by atoms with van der Waals surface area (Å²) < 4.78 is 20.9. The standard InChI is InChI=1S/C25H24FN3O3S/c1-5-32-24(31)21-15(2)27-25-29(22(21)17-8-10-18(26)11-9-17)23(30)20(33-25)14-16-6-12-19(13-7-16)28(3)4/h6-14,22H,5H2,1-4H3/t22-/m1/s1. The third-order valence-electron chi connectivity index (χ3n) is 5.41. The Morgan fingerprint density at radius 2 is 1.85 bits per heavy atom. The number of carbonyl (C=O) groups is 1. The van der Waals surface area contributed by atoms with Gasteiger partial charge in [-0.2, -0.15) is 0 Å². The van der Waals surface area contributed by atoms with Crippen molar-refractivity contribution < 1.29 is 13.9 Å². The molecule has 4 rings (SSSR count). The van der Waals surface area contributed by atoms with Gasteiger partial charge in [0.15, 0.2) is 4.80 Å². The maximum Gasteiger partial charge on any atom is 0.338 e. The van der Waals surface area contributed by atoms with E-state index in [9.17, 15) is 14.0 Å². The fourth-order valence-electron chi connectivity index (χ4n) is 3.77. The lowest BCUT2D eigenvalue weighted by Gasteiger charge is -2.24. The number of hydrogen-bond acceptors (Lipinski definition) is 6. The number of benzene rings is 2. The van der Waals surface area contributed by atoms with Crippen LogP contribution in [-0.2, 0) is 9.53 Å². The van der Waals surface area contributed by atoms with E-state index in [1.165, 1.54) is 28.0 Å². The van der Waals surface area contributed by atoms with E-state index in [2.05, 4.69) is 4.99 Å². The lowest BCUT2D eigenvalue weighted by Crippen LogP contribution is -2.39. The van der Waals surface area contributed by atoms with Crippen molar-refractivity contribution in [1.82, 2.24) is 4.57 Å². The molecule has 0 saturated heterocycles. The molecule has 8 heteroatoms. The predicted molar refractivity (Wildman–Crippen MR) is 128 cm³/mol. The lowest BCUT2D eigenvalue weighted by atomic mass is 9.96. The Morgan fingerprint density at radius 3 is 2.45 bits per heavy atom. The molecule has 0 N–H and O–H groups in total. The maximum atomic E-state index is 13.6. The van der Waals surface area contributed by atoms with Crippen LogP contribution in [-0.4, -0.2) is 31.2 Å². The normalized spacial score (nSPS) is 15.8. The largest absolute Gasteiger partial charge is 0.463 e. The van der Waals surface area contributed by atoms with Gasteiger partial charge in [-0.15, -0.1) is 0 Å². The van der Waals surface area contributed by atoms with Crippen LogP contribution in [0.1, 0.15) is 31.0 Å². The quantitative estimate of drug-likeness (QED) is 0.544. The van der Waals surface area contributed by atoms with Crippen molar-refractivity contribution in [3.05, 3.63) is 96.4 Å². The summed E-state index contributed by atoms with van der Waals surface area (Å²) in [4.78, 5) is 33.4. The van der Waals surface area contributed by atoms with E-state index in [-0.39, 0.29) is 17.7 Å². The van der Waals surface area contributed by atoms with E-state index in [1.54, 1.807) is 26.0 Å². The van der Waals surface area contributed by atoms with Crippen molar-refractivity contribution in [2.24, 2.45) is 4.99 Å². The average Bonchev–Trinajstić information content (AvgIpc) is 3.08. The minimum atomic E-state index is -0.751. The van der Waals surface area contributed by atoms with Gasteiger partial charge < -0.3 is 9.64 Å². The molecule has 2 aromatic carbocycles. The van der Waals surface area contributed by atoms with Gasteiger partial charge in [0, 0.05) is 19.8 Å². The molecule has 1 atom stereocenters. The molecule has 3 aromatic rings. The van der Waals surface area contributed by atoms with Crippen LogP contribution < -0.4 is 19.8 Å². The first kappa shape index (κ1) is 22.7. The van der Waals surface area contributed by atoms with Gasteiger partial charge in [-0.1, -0.05) is 35.6 Å². The summed E-state index contributed by atoms with van der Waals surface area (Å²) in [5.41, 5.74) is 3.03. The molecule has 1 aliphatic heterocycles. The van der Waals surface area contributed by atoms with E-state index >= 15 is 0 Å². The van der Waals surface area contributed by atoms with E-state index in [0.29, 0.717) is 20.6 Å². The fraction of sp³-hybridized carbons (Fsp3) is 0.240. The van der Waals surface area contributed by atoms with Crippen LogP contribution in [0.25, 0.3) is 6.08 Å². The molecule has 0 bridgehead atoms. The molecule has 0 fully saturated rings. The van der Waals surface area contributed by atoms with Gasteiger partial charge in [0.1, 0.15) is 5.82 Å². The first-order chi connectivity index (χ1) is 15.8. The average molecular weight is 466 g/mol. The maximum absolute atomic E-state index is 13.6. The van der Waals surface area contributed by atoms with Crippen molar-refractivity contribution in [2.45, 2.75) is 19.9 Å². The number of allylic oxidation sites excluding steroid dienone is 1. The SMILES string of the molecule is CCOC(=O)C1=C(C)N=c2sc(=Cc3ccc(N(C)C)cc3)c(=O)n2[C@@H]1c1ccc(F)cc1. The Balaban J connectivity index is 1.90. The van der Waals surface area contributed by atoms with Crippen molar-refractivity contribution in [2.75, 3.05) is 25.6 Å². The van der Waals surface area contributed by atoms with E-state index < -0.39 is 17.8 Å². The molecule has 0 radical (unpaired) electrons. The first-order valence-corrected chi connectivity index (χ1v) is 11.3. The number of rotatable bonds is 5. The molecule has 1 aromatic heterocycles. The molecule has 33 heavy (non-hydrogen) atoms. The van der Waals surface area contributed by atoms with Crippen molar-refractivity contribution in [1.29, 1.82) is 0 Å². The zero-order valence-corrected chi connectivity index (χ0v) is 19.6. The number of nitrogens with zero attached hydrogens (tertiary/aromatic N) is 3. The highest BCUT2D eigenvalue weighted by atomic mass is 32.1. The van der Waals surface area contributed by atoms with Crippen LogP contribution in [0.2, 0.25) is 0 Å². The van der Waals surface area contributed by atoms with E-state index in [4.69, 9.17) is 4.74 Å². The molecule has 0 amide bonds. The predicted octanol–water partition coefficient (Wildman–Crippen LogP) is 3.00. The fourth-order valence-corrected chi connectivity index (χ4v) is 4.82. The summed E-state index contributed by atoms with van der Waals surface area (Å²) in [5, 5.41) is 0. The summed E-state index contributed by atoms with van der Waals surface area (Å²) >= 11 is 1.26. The van der Waals surface area contributed by atoms with Crippen LogP contribution in [0.3, 0.4) is 0 Å². The van der Waals surface area contributed by atoms with Crippen LogP contribution in [0.4, 0.5) is 10.1 Å². The van der Waals surface area contributed by atoms with Gasteiger partial charge in [0.25, 0.3) is 5.56 Å². The van der Waals surface area contributed by atoms with Crippen LogP contribution in [0, 0.1) is 5.82 Å². The summed E-state index contributed by atoms with van der Waals surface area (Å²) in [5.74, 6) is -0.938. The number of fused-ring (bicyclic) bond motifs is 1. The number of carbonyl (C=O) groups excluding carboxylic acids is 1. The Morgan fingerprint density at radius 1 is 1.18 bits per heavy atom. The van der Waals surface area contributed by atoms with Gasteiger partial charge in [-0.05, 0) is 55.3 Å². The number of thiazole rings is 1. The molecule has 1 aliphatic rings. The second-order valence-corrected chi connectivity index (χ2v) is 8.85. The molecule has 0 spiro atoms. The zero-order valence-electron chi connectivity index (χ0n) is 18.8. The molecule has 2 heterocycles. The molecule has 170 valence electrons. The Labute approximate surface area is 194 Å². The van der Waals surface area contributed by atoms with Crippen LogP contribution in [0.15, 0.2) is 69.6 Å². The number of ether oxygens (including phenoxy) is 1. The highest BCUT2D eigenvalue weighted by Gasteiger charge is 2.33. The molecule has 6 nitrogen and oxygen atoms in total. The van der Waals surface area contributed by atoms with Crippen LogP contribution in [0.5, 0.6) is 0 Å². The molecule has 0 unspecified atom stereocenters. The third kappa shape index (κ3) is 4.39. The summed E-state index contributed by atoms with van der Waals surface area (Å²) in [7, 11) is 3.93. The van der Waals surface area contributed by atoms with Gasteiger partial charge >= 0.3 is 5.97 Å².